The number of pyridine rings is 1. The molecule has 0 saturated carbocycles. The van der Waals surface area contributed by atoms with Gasteiger partial charge in [0.2, 0.25) is 0 Å². The van der Waals surface area contributed by atoms with Crippen LogP contribution in [0.25, 0.3) is 21.8 Å². The highest BCUT2D eigenvalue weighted by Gasteiger charge is 2.29. The van der Waals surface area contributed by atoms with Gasteiger partial charge in [-0.15, -0.1) is 0 Å². The van der Waals surface area contributed by atoms with Crippen molar-refractivity contribution in [3.63, 3.8) is 0 Å². The van der Waals surface area contributed by atoms with Gasteiger partial charge >= 0.3 is 0 Å². The van der Waals surface area contributed by atoms with Gasteiger partial charge < -0.3 is 14.6 Å². The van der Waals surface area contributed by atoms with Gasteiger partial charge in [-0.1, -0.05) is 0 Å². The molecule has 10 nitrogen and oxygen atoms in total. The lowest BCUT2D eigenvalue weighted by Crippen LogP contribution is -2.53. The molecule has 200 valence electrons. The molecule has 38 heavy (non-hydrogen) atoms. The Bertz CT molecular complexity index is 1560. The lowest BCUT2D eigenvalue weighted by Gasteiger charge is -2.39. The first-order valence-electron chi connectivity index (χ1n) is 13.4. The number of piperazine rings is 1. The number of aromatic nitrogens is 5. The zero-order chi connectivity index (χ0) is 26.6. The summed E-state index contributed by atoms with van der Waals surface area (Å²) in [5, 5.41) is 10.6. The Morgan fingerprint density at radius 1 is 1.13 bits per heavy atom. The van der Waals surface area contributed by atoms with Crippen LogP contribution in [0.3, 0.4) is 0 Å². The van der Waals surface area contributed by atoms with E-state index >= 15 is 0 Å². The van der Waals surface area contributed by atoms with Gasteiger partial charge in [0.1, 0.15) is 0 Å². The molecule has 1 N–H and O–H groups in total. The number of carbonyl (C=O) groups is 1. The number of hydrogen-bond acceptors (Lipinski definition) is 6. The van der Waals surface area contributed by atoms with E-state index in [-0.39, 0.29) is 23.6 Å². The van der Waals surface area contributed by atoms with Crippen molar-refractivity contribution in [1.29, 1.82) is 0 Å². The Labute approximate surface area is 221 Å². The summed E-state index contributed by atoms with van der Waals surface area (Å²) in [6.45, 7) is 10.4. The summed E-state index contributed by atoms with van der Waals surface area (Å²) in [6, 6.07) is 6.39. The molecule has 3 aromatic heterocycles. The smallest absolute Gasteiger partial charge is 0.259 e. The molecule has 2 aliphatic rings. The molecule has 1 atom stereocenters. The van der Waals surface area contributed by atoms with Crippen molar-refractivity contribution in [3.8, 4) is 0 Å². The normalized spacial score (nSPS) is 19.6. The first kappa shape index (κ1) is 24.8. The summed E-state index contributed by atoms with van der Waals surface area (Å²) in [7, 11) is 1.96. The van der Waals surface area contributed by atoms with E-state index in [1.54, 1.807) is 6.20 Å². The van der Waals surface area contributed by atoms with Crippen LogP contribution >= 0.6 is 0 Å². The number of fused-ring (bicyclic) bond motifs is 3. The highest BCUT2D eigenvalue weighted by atomic mass is 16.5. The third kappa shape index (κ3) is 4.31. The number of ether oxygens (including phenoxy) is 1. The zero-order valence-electron chi connectivity index (χ0n) is 22.5. The molecule has 0 radical (unpaired) electrons. The molecule has 10 heteroatoms. The van der Waals surface area contributed by atoms with Crippen molar-refractivity contribution in [3.05, 3.63) is 57.3 Å². The maximum Gasteiger partial charge on any atom is 0.259 e. The second-order valence-corrected chi connectivity index (χ2v) is 10.8. The van der Waals surface area contributed by atoms with Gasteiger partial charge in [-0.05, 0) is 57.4 Å². The van der Waals surface area contributed by atoms with Crippen LogP contribution in [0, 0.1) is 13.8 Å². The van der Waals surface area contributed by atoms with Crippen LogP contribution in [0.4, 0.5) is 0 Å². The Kier molecular flexibility index (Phi) is 6.31. The van der Waals surface area contributed by atoms with E-state index < -0.39 is 0 Å². The highest BCUT2D eigenvalue weighted by molar-refractivity contribution is 6.07. The fourth-order valence-corrected chi connectivity index (χ4v) is 5.94. The van der Waals surface area contributed by atoms with E-state index in [1.807, 2.05) is 40.4 Å². The Morgan fingerprint density at radius 2 is 1.92 bits per heavy atom. The van der Waals surface area contributed by atoms with Gasteiger partial charge in [0, 0.05) is 69.1 Å². The molecule has 2 aliphatic heterocycles. The number of aryl methyl sites for hydroxylation is 3. The quantitative estimate of drug-likeness (QED) is 0.447. The van der Waals surface area contributed by atoms with E-state index in [9.17, 15) is 9.59 Å². The number of carbonyl (C=O) groups excluding carboxylic acids is 1. The number of aromatic amines is 1. The summed E-state index contributed by atoms with van der Waals surface area (Å²) < 4.78 is 9.42. The van der Waals surface area contributed by atoms with E-state index in [2.05, 4.69) is 40.0 Å². The number of nitrogens with one attached hydrogen (secondary N) is 1. The third-order valence-electron chi connectivity index (χ3n) is 8.26. The van der Waals surface area contributed by atoms with Crippen molar-refractivity contribution >= 4 is 27.7 Å². The van der Waals surface area contributed by atoms with Gasteiger partial charge in [0.05, 0.1) is 34.4 Å². The van der Waals surface area contributed by atoms with Gasteiger partial charge in [-0.2, -0.15) is 10.2 Å². The average Bonchev–Trinajstić information content (AvgIpc) is 3.49. The predicted molar refractivity (Wildman–Crippen MR) is 145 cm³/mol. The second kappa shape index (κ2) is 9.67. The van der Waals surface area contributed by atoms with Gasteiger partial charge in [-0.3, -0.25) is 23.9 Å². The molecule has 2 fully saturated rings. The Balaban J connectivity index is 1.30. The minimum atomic E-state index is -0.155. The molecule has 0 aliphatic carbocycles. The van der Waals surface area contributed by atoms with E-state index in [4.69, 9.17) is 4.74 Å². The van der Waals surface area contributed by atoms with Crippen molar-refractivity contribution in [1.82, 2.24) is 34.3 Å². The molecule has 1 amide bonds. The largest absolute Gasteiger partial charge is 0.381 e. The number of H-pyrrole nitrogens is 1. The van der Waals surface area contributed by atoms with Gasteiger partial charge in [-0.25, -0.2) is 0 Å². The number of amides is 1. The van der Waals surface area contributed by atoms with Gasteiger partial charge in [0.15, 0.2) is 0 Å². The van der Waals surface area contributed by atoms with Gasteiger partial charge in [0.25, 0.3) is 11.5 Å². The maximum atomic E-state index is 13.8. The number of hydrogen-bond donors (Lipinski definition) is 1. The summed E-state index contributed by atoms with van der Waals surface area (Å²) in [6.07, 6.45) is 3.35. The van der Waals surface area contributed by atoms with Crippen LogP contribution in [0.1, 0.15) is 53.1 Å². The summed E-state index contributed by atoms with van der Waals surface area (Å²) in [4.78, 5) is 34.0. The lowest BCUT2D eigenvalue weighted by atomic mass is 10.0. The molecule has 0 spiro atoms. The van der Waals surface area contributed by atoms with Crippen molar-refractivity contribution in [2.24, 2.45) is 7.05 Å². The molecule has 0 bridgehead atoms. The summed E-state index contributed by atoms with van der Waals surface area (Å²) in [5.74, 6) is 0.0288. The van der Waals surface area contributed by atoms with Crippen LogP contribution in [-0.4, -0.2) is 79.1 Å². The van der Waals surface area contributed by atoms with Crippen LogP contribution in [0.5, 0.6) is 0 Å². The van der Waals surface area contributed by atoms with Crippen LogP contribution in [-0.2, 0) is 18.3 Å². The summed E-state index contributed by atoms with van der Waals surface area (Å²) >= 11 is 0. The number of benzene rings is 1. The fourth-order valence-electron chi connectivity index (χ4n) is 5.94. The molecular formula is C28H35N7O3. The molecule has 5 heterocycles. The minimum Gasteiger partial charge on any atom is -0.381 e. The fraction of sp³-hybridized carbons (Fsp3) is 0.500. The molecular weight excluding hydrogens is 482 g/mol. The minimum absolute atomic E-state index is 0.0288. The molecule has 1 aromatic carbocycles. The molecule has 6 rings (SSSR count). The second-order valence-electron chi connectivity index (χ2n) is 10.8. The highest BCUT2D eigenvalue weighted by Crippen LogP contribution is 2.30. The van der Waals surface area contributed by atoms with E-state index in [0.29, 0.717) is 37.3 Å². The van der Waals surface area contributed by atoms with Crippen molar-refractivity contribution in [2.45, 2.75) is 52.2 Å². The third-order valence-corrected chi connectivity index (χ3v) is 8.26. The van der Waals surface area contributed by atoms with Crippen LogP contribution in [0.15, 0.2) is 29.2 Å². The molecule has 0 unspecified atom stereocenters. The monoisotopic (exact) mass is 517 g/mol. The number of rotatable bonds is 4. The van der Waals surface area contributed by atoms with Crippen molar-refractivity contribution < 1.29 is 9.53 Å². The molecule has 2 saturated heterocycles. The van der Waals surface area contributed by atoms with E-state index in [0.717, 1.165) is 59.3 Å². The first-order valence-corrected chi connectivity index (χ1v) is 13.4. The Morgan fingerprint density at radius 3 is 2.63 bits per heavy atom. The topological polar surface area (TPSA) is 101 Å². The SMILES string of the molecule is Cc1cc2[nH]c(=O)c3cnn(C4CCOCC4)c3c2cc1C(=O)N1CCN(Cc2cc(C)n(C)n2)[C@@H](C)C1. The zero-order valence-corrected chi connectivity index (χ0v) is 22.5. The standard InChI is InChI=1S/C28H35N7O3/c1-17-11-25-23(26-24(27(36)30-25)14-29-35(26)21-5-9-38-10-6-21)13-22(17)28(37)34-8-7-33(19(3)15-34)16-20-12-18(2)32(4)31-20/h11-14,19,21H,5-10,15-16H2,1-4H3,(H,30,36)/t19-/m0/s1. The maximum absolute atomic E-state index is 13.8. The first-order chi connectivity index (χ1) is 18.3. The lowest BCUT2D eigenvalue weighted by molar-refractivity contribution is 0.0491. The Hall–Kier alpha value is -3.50. The van der Waals surface area contributed by atoms with Crippen LogP contribution < -0.4 is 5.56 Å². The number of nitrogens with zero attached hydrogens (tertiary/aromatic N) is 6. The summed E-state index contributed by atoms with van der Waals surface area (Å²) in [5.41, 5.74) is 5.10. The van der Waals surface area contributed by atoms with Crippen LogP contribution in [0.2, 0.25) is 0 Å². The predicted octanol–water partition coefficient (Wildman–Crippen LogP) is 2.93. The van der Waals surface area contributed by atoms with Crippen molar-refractivity contribution in [2.75, 3.05) is 32.8 Å². The molecule has 4 aromatic rings. The van der Waals surface area contributed by atoms with E-state index in [1.165, 1.54) is 0 Å². The average molecular weight is 518 g/mol.